The lowest BCUT2D eigenvalue weighted by Gasteiger charge is -2.30. The number of rotatable bonds is 40. The number of amides is 2. The van der Waals surface area contributed by atoms with E-state index in [-0.39, 0.29) is 53.8 Å². The lowest BCUT2D eigenvalue weighted by molar-refractivity contribution is -0.137. The van der Waals surface area contributed by atoms with Gasteiger partial charge in [0.05, 0.1) is 25.6 Å². The number of allylic oxidation sites excluding steroid dienone is 10. The molecule has 29 heteroatoms. The molecule has 11 N–H and O–H groups in total. The number of aliphatic hydroxyl groups is 3. The van der Waals surface area contributed by atoms with Crippen molar-refractivity contribution in [1.82, 2.24) is 30.2 Å². The van der Waals surface area contributed by atoms with E-state index in [0.717, 1.165) is 93.2 Å². The van der Waals surface area contributed by atoms with Crippen LogP contribution in [0.4, 0.5) is 5.82 Å². The Morgan fingerprint density at radius 3 is 2.04 bits per heavy atom. The molecule has 0 saturated carbocycles. The minimum absolute atomic E-state index is 0.0102. The molecule has 0 bridgehead atoms. The molecule has 0 spiro atoms. The third kappa shape index (κ3) is 27.6. The average molecular weight is 1180 g/mol. The Hall–Kier alpha value is -3.78. The first-order valence-corrected chi connectivity index (χ1v) is 31.4. The molecule has 0 aliphatic carbocycles. The van der Waals surface area contributed by atoms with E-state index in [2.05, 4.69) is 102 Å². The molecular weight excluding hydrogens is 1100 g/mol. The van der Waals surface area contributed by atoms with Gasteiger partial charge in [0.15, 0.2) is 22.8 Å². The van der Waals surface area contributed by atoms with Crippen molar-refractivity contribution in [2.24, 2.45) is 5.41 Å². The summed E-state index contributed by atoms with van der Waals surface area (Å²) < 4.78 is 62.5. The molecular formula is C49H80N7O18P3S. The second kappa shape index (κ2) is 35.8. The maximum Gasteiger partial charge on any atom is 0.481 e. The van der Waals surface area contributed by atoms with Crippen LogP contribution in [0.3, 0.4) is 0 Å². The highest BCUT2D eigenvalue weighted by Gasteiger charge is 2.50. The molecule has 78 heavy (non-hydrogen) atoms. The van der Waals surface area contributed by atoms with Gasteiger partial charge >= 0.3 is 23.5 Å². The summed E-state index contributed by atoms with van der Waals surface area (Å²) in [4.78, 5) is 88.7. The van der Waals surface area contributed by atoms with Crippen LogP contribution in [-0.4, -0.2) is 134 Å². The Labute approximate surface area is 460 Å². The van der Waals surface area contributed by atoms with E-state index in [0.29, 0.717) is 6.42 Å². The number of phosphoric acid groups is 3. The van der Waals surface area contributed by atoms with Crippen LogP contribution in [0.25, 0.3) is 11.2 Å². The van der Waals surface area contributed by atoms with Crippen molar-refractivity contribution in [2.75, 3.05) is 37.8 Å². The van der Waals surface area contributed by atoms with E-state index < -0.39 is 90.7 Å². The first-order chi connectivity index (χ1) is 36.9. The highest BCUT2D eigenvalue weighted by atomic mass is 32.2. The van der Waals surface area contributed by atoms with Gasteiger partial charge in [-0.2, -0.15) is 4.31 Å². The van der Waals surface area contributed by atoms with E-state index in [1.807, 2.05) is 0 Å². The molecule has 2 aromatic rings. The number of fused-ring (bicyclic) bond motifs is 1. The number of aromatic nitrogens is 4. The van der Waals surface area contributed by atoms with Crippen LogP contribution in [0, 0.1) is 5.41 Å². The van der Waals surface area contributed by atoms with Crippen molar-refractivity contribution >= 4 is 69.1 Å². The third-order valence-corrected chi connectivity index (χ3v) is 15.7. The molecule has 440 valence electrons. The maximum atomic E-state index is 12.8. The van der Waals surface area contributed by atoms with Crippen molar-refractivity contribution in [3.8, 4) is 0 Å². The number of nitrogens with zero attached hydrogens (tertiary/aromatic N) is 4. The molecule has 2 amide bonds. The van der Waals surface area contributed by atoms with Crippen molar-refractivity contribution < 1.29 is 85.6 Å². The Balaban J connectivity index is 1.22. The van der Waals surface area contributed by atoms with Crippen molar-refractivity contribution in [3.05, 3.63) is 73.4 Å². The molecule has 8 atom stereocenters. The second-order valence-corrected chi connectivity index (χ2v) is 24.3. The van der Waals surface area contributed by atoms with Gasteiger partial charge in [-0.15, -0.1) is 0 Å². The standard InChI is InChI=1S/C49H80N7O18P3S/c1-4-5-6-7-8-9-10-11-12-13-14-15-16-17-18-19-20-21-22-23-24-25-26-27-37(57)32-40(59)78-31-30-51-39(58)28-29-52-47(62)44(61)49(2,3)34-71-77(68,69)74-76(66,67)70-33-38-43(73-75(63,64)65)42(60)48(72-38)56-36-55-41-45(50)53-35-54-46(41)56/h5-6,8-9,11-12,14-15,17-18,35-38,42-44,48,57,60-61H,4,7,10,13,16,19-34H2,1-3H3,(H,51,58)(H,52,62)(H,66,67)(H,68,69)(H2,50,53,54)(H2,63,64,65)/b6-5-,9-8-,12-11-,15-14-,18-17-/t37-,38-,42-,43-,44+,48-/m1/s1. The molecule has 2 aromatic heterocycles. The quantitative estimate of drug-likeness (QED) is 0.0189. The number of thioether (sulfide) groups is 1. The number of aliphatic hydroxyl groups excluding tert-OH is 3. The number of nitrogens with two attached hydrogens (primary N) is 1. The van der Waals surface area contributed by atoms with Crippen LogP contribution in [0.5, 0.6) is 0 Å². The van der Waals surface area contributed by atoms with Crippen LogP contribution in [0.1, 0.15) is 130 Å². The molecule has 1 aliphatic heterocycles. The fourth-order valence-electron chi connectivity index (χ4n) is 7.54. The van der Waals surface area contributed by atoms with Crippen molar-refractivity contribution in [2.45, 2.75) is 160 Å². The summed E-state index contributed by atoms with van der Waals surface area (Å²) >= 11 is 0.993. The zero-order valence-corrected chi connectivity index (χ0v) is 48.0. The summed E-state index contributed by atoms with van der Waals surface area (Å²) in [7, 11) is -16.5. The van der Waals surface area contributed by atoms with E-state index in [1.54, 1.807) is 0 Å². The Morgan fingerprint density at radius 2 is 1.41 bits per heavy atom. The number of nitrogen functional groups attached to an aromatic ring is 1. The number of imidazole rings is 1. The first-order valence-electron chi connectivity index (χ1n) is 25.9. The zero-order valence-electron chi connectivity index (χ0n) is 44.5. The highest BCUT2D eigenvalue weighted by molar-refractivity contribution is 8.13. The van der Waals surface area contributed by atoms with Crippen molar-refractivity contribution in [3.63, 3.8) is 0 Å². The fraction of sp³-hybridized carbons (Fsp3) is 0.633. The van der Waals surface area contributed by atoms with Gasteiger partial charge in [0.25, 0.3) is 0 Å². The number of hydrogen-bond donors (Lipinski definition) is 10. The van der Waals surface area contributed by atoms with Crippen molar-refractivity contribution in [1.29, 1.82) is 0 Å². The molecule has 3 heterocycles. The van der Waals surface area contributed by atoms with Gasteiger partial charge in [0.1, 0.15) is 36.3 Å². The Kier molecular flexibility index (Phi) is 31.5. The first kappa shape index (κ1) is 68.5. The minimum atomic E-state index is -5.59. The number of carbonyl (C=O) groups excluding carboxylic acids is 3. The van der Waals surface area contributed by atoms with Crippen LogP contribution in [0.2, 0.25) is 0 Å². The van der Waals surface area contributed by atoms with Gasteiger partial charge < -0.3 is 56.0 Å². The largest absolute Gasteiger partial charge is 0.481 e. The summed E-state index contributed by atoms with van der Waals surface area (Å²) in [6.07, 6.45) is 28.5. The molecule has 1 aliphatic rings. The number of ether oxygens (including phenoxy) is 1. The number of phosphoric ester groups is 3. The number of nitrogens with one attached hydrogen (secondary N) is 2. The molecule has 1 saturated heterocycles. The monoisotopic (exact) mass is 1180 g/mol. The minimum Gasteiger partial charge on any atom is -0.393 e. The van der Waals surface area contributed by atoms with Crippen LogP contribution in [-0.2, 0) is 50.7 Å². The average Bonchev–Trinajstić information content (AvgIpc) is 4.01. The van der Waals surface area contributed by atoms with Gasteiger partial charge in [0, 0.05) is 37.1 Å². The lowest BCUT2D eigenvalue weighted by Crippen LogP contribution is -2.46. The normalized spacial score (nSPS) is 19.9. The van der Waals surface area contributed by atoms with Crippen LogP contribution in [0.15, 0.2) is 73.4 Å². The second-order valence-electron chi connectivity index (χ2n) is 18.9. The molecule has 25 nitrogen and oxygen atoms in total. The zero-order chi connectivity index (χ0) is 57.6. The number of hydrogen-bond acceptors (Lipinski definition) is 19. The van der Waals surface area contributed by atoms with Gasteiger partial charge in [-0.25, -0.2) is 28.6 Å². The molecule has 3 rings (SSSR count). The SMILES string of the molecule is CC/C=C\C/C=C\C/C=C\C/C=C\C/C=C\CCCCCCCCC[C@@H](O)CC(=O)SCCNC(=O)CCNC(=O)[C@H](O)C(C)(C)COP(=O)(O)OP(=O)(O)OC[C@H]1O[C@@H](n2cnc3c(N)ncnc32)[C@H](O)[C@@H]1OP(=O)(O)O. The third-order valence-electron chi connectivity index (χ3n) is 11.7. The van der Waals surface area contributed by atoms with E-state index >= 15 is 0 Å². The summed E-state index contributed by atoms with van der Waals surface area (Å²) in [5, 5.41) is 36.7. The summed E-state index contributed by atoms with van der Waals surface area (Å²) in [6, 6.07) is 0. The smallest absolute Gasteiger partial charge is 0.393 e. The number of anilines is 1. The highest BCUT2D eigenvalue weighted by Crippen LogP contribution is 2.61. The molecule has 2 unspecified atom stereocenters. The van der Waals surface area contributed by atoms with Gasteiger partial charge in [-0.05, 0) is 51.4 Å². The van der Waals surface area contributed by atoms with E-state index in [1.165, 1.54) is 33.1 Å². The maximum absolute atomic E-state index is 12.8. The van der Waals surface area contributed by atoms with Crippen LogP contribution >= 0.6 is 35.2 Å². The van der Waals surface area contributed by atoms with Gasteiger partial charge in [0.2, 0.25) is 11.8 Å². The predicted octanol–water partition coefficient (Wildman–Crippen LogP) is 6.68. The fourth-order valence-corrected chi connectivity index (χ4v) is 11.1. The summed E-state index contributed by atoms with van der Waals surface area (Å²) in [6.45, 7) is 2.51. The molecule has 1 fully saturated rings. The number of unbranched alkanes of at least 4 members (excludes halogenated alkanes) is 7. The Bertz CT molecular complexity index is 2450. The predicted molar refractivity (Wildman–Crippen MR) is 294 cm³/mol. The Morgan fingerprint density at radius 1 is 0.821 bits per heavy atom. The van der Waals surface area contributed by atoms with E-state index in [9.17, 15) is 63.0 Å². The molecule has 0 aromatic carbocycles. The lowest BCUT2D eigenvalue weighted by atomic mass is 9.87. The topological polar surface area (TPSA) is 384 Å². The van der Waals surface area contributed by atoms with E-state index in [4.69, 9.17) is 19.5 Å². The summed E-state index contributed by atoms with van der Waals surface area (Å²) in [5.41, 5.74) is 4.25. The van der Waals surface area contributed by atoms with Gasteiger partial charge in [-0.3, -0.25) is 32.5 Å². The summed E-state index contributed by atoms with van der Waals surface area (Å²) in [5.74, 6) is -1.24. The number of carbonyl (C=O) groups is 3. The molecule has 0 radical (unpaired) electrons. The van der Waals surface area contributed by atoms with Gasteiger partial charge in [-0.1, -0.05) is 132 Å². The van der Waals surface area contributed by atoms with Crippen LogP contribution < -0.4 is 16.4 Å².